The van der Waals surface area contributed by atoms with Crippen LogP contribution in [-0.4, -0.2) is 11.9 Å². The number of nitrogens with two attached hydrogens (primary N) is 1. The van der Waals surface area contributed by atoms with Crippen molar-refractivity contribution in [3.63, 3.8) is 0 Å². The zero-order valence-electron chi connectivity index (χ0n) is 13.7. The summed E-state index contributed by atoms with van der Waals surface area (Å²) in [5.74, 6) is 5.02. The van der Waals surface area contributed by atoms with E-state index in [4.69, 9.17) is 15.3 Å². The molecule has 130 valence electrons. The van der Waals surface area contributed by atoms with Crippen molar-refractivity contribution in [2.24, 2.45) is 5.84 Å². The SMILES string of the molecule is NNC(=O)c1ccccc1OC(=O)c1ccccc1Oc1ccccc1. The van der Waals surface area contributed by atoms with Gasteiger partial charge in [0.2, 0.25) is 0 Å². The minimum Gasteiger partial charge on any atom is -0.456 e. The number of carbonyl (C=O) groups is 2. The largest absolute Gasteiger partial charge is 0.456 e. The molecule has 0 unspecified atom stereocenters. The first-order valence-corrected chi connectivity index (χ1v) is 7.83. The van der Waals surface area contributed by atoms with E-state index in [1.807, 2.05) is 23.6 Å². The van der Waals surface area contributed by atoms with Crippen molar-refractivity contribution in [1.29, 1.82) is 0 Å². The predicted octanol–water partition coefficient (Wildman–Crippen LogP) is 3.30. The van der Waals surface area contributed by atoms with Crippen LogP contribution in [-0.2, 0) is 0 Å². The summed E-state index contributed by atoms with van der Waals surface area (Å²) in [7, 11) is 0. The molecule has 0 heterocycles. The molecule has 0 bridgehead atoms. The molecule has 0 fully saturated rings. The maximum Gasteiger partial charge on any atom is 0.347 e. The van der Waals surface area contributed by atoms with Crippen molar-refractivity contribution in [3.05, 3.63) is 90.0 Å². The van der Waals surface area contributed by atoms with Gasteiger partial charge in [-0.25, -0.2) is 10.6 Å². The van der Waals surface area contributed by atoms with Gasteiger partial charge in [-0.05, 0) is 36.4 Å². The van der Waals surface area contributed by atoms with Crippen LogP contribution < -0.4 is 20.7 Å². The fourth-order valence-corrected chi connectivity index (χ4v) is 2.32. The van der Waals surface area contributed by atoms with E-state index in [9.17, 15) is 9.59 Å². The first kappa shape index (κ1) is 17.2. The molecule has 3 N–H and O–H groups in total. The standard InChI is InChI=1S/C20H16N2O4/c21-22-19(23)15-10-4-6-12-17(15)26-20(24)16-11-5-7-13-18(16)25-14-8-2-1-3-9-14/h1-13H,21H2,(H,22,23). The smallest absolute Gasteiger partial charge is 0.347 e. The number of hydrogen-bond acceptors (Lipinski definition) is 5. The maximum absolute atomic E-state index is 12.6. The molecule has 0 atom stereocenters. The molecule has 6 heteroatoms. The zero-order valence-corrected chi connectivity index (χ0v) is 13.7. The van der Waals surface area contributed by atoms with E-state index in [1.165, 1.54) is 12.1 Å². The molecule has 0 aliphatic carbocycles. The van der Waals surface area contributed by atoms with Crippen molar-refractivity contribution >= 4 is 11.9 Å². The Balaban J connectivity index is 1.87. The summed E-state index contributed by atoms with van der Waals surface area (Å²) in [6.45, 7) is 0. The van der Waals surface area contributed by atoms with Crippen LogP contribution >= 0.6 is 0 Å². The lowest BCUT2D eigenvalue weighted by atomic mass is 10.1. The predicted molar refractivity (Wildman–Crippen MR) is 96.0 cm³/mol. The van der Waals surface area contributed by atoms with E-state index in [-0.39, 0.29) is 16.9 Å². The zero-order chi connectivity index (χ0) is 18.4. The fraction of sp³-hybridized carbons (Fsp3) is 0. The summed E-state index contributed by atoms with van der Waals surface area (Å²) in [5.41, 5.74) is 2.42. The van der Waals surface area contributed by atoms with Crippen molar-refractivity contribution in [3.8, 4) is 17.2 Å². The number of benzene rings is 3. The Hall–Kier alpha value is -3.64. The van der Waals surface area contributed by atoms with E-state index in [0.717, 1.165) is 0 Å². The highest BCUT2D eigenvalue weighted by Gasteiger charge is 2.18. The lowest BCUT2D eigenvalue weighted by Gasteiger charge is -2.12. The van der Waals surface area contributed by atoms with Gasteiger partial charge in [0.05, 0.1) is 5.56 Å². The van der Waals surface area contributed by atoms with E-state index in [1.54, 1.807) is 48.5 Å². The molecule has 26 heavy (non-hydrogen) atoms. The Bertz CT molecular complexity index is 926. The number of hydrazine groups is 1. The van der Waals surface area contributed by atoms with Crippen LogP contribution in [0.2, 0.25) is 0 Å². The second-order valence-electron chi connectivity index (χ2n) is 5.27. The first-order valence-electron chi connectivity index (χ1n) is 7.83. The summed E-state index contributed by atoms with van der Waals surface area (Å²) in [6, 6.07) is 22.1. The van der Waals surface area contributed by atoms with Crippen LogP contribution in [0.5, 0.6) is 17.2 Å². The Morgan fingerprint density at radius 1 is 0.731 bits per heavy atom. The second kappa shape index (κ2) is 7.96. The van der Waals surface area contributed by atoms with Gasteiger partial charge in [-0.2, -0.15) is 0 Å². The molecule has 0 aliphatic heterocycles. The summed E-state index contributed by atoms with van der Waals surface area (Å²) in [5, 5.41) is 0. The second-order valence-corrected chi connectivity index (χ2v) is 5.27. The number of nitrogens with one attached hydrogen (secondary N) is 1. The quantitative estimate of drug-likeness (QED) is 0.243. The molecule has 6 nitrogen and oxygen atoms in total. The van der Waals surface area contributed by atoms with E-state index < -0.39 is 11.9 Å². The Labute approximate surface area is 150 Å². The van der Waals surface area contributed by atoms with Gasteiger partial charge in [0.15, 0.2) is 0 Å². The molecular formula is C20H16N2O4. The van der Waals surface area contributed by atoms with Crippen LogP contribution in [0.3, 0.4) is 0 Å². The number of rotatable bonds is 5. The monoisotopic (exact) mass is 348 g/mol. The number of hydrogen-bond donors (Lipinski definition) is 2. The third-order valence-electron chi connectivity index (χ3n) is 3.54. The number of carbonyl (C=O) groups excluding carboxylic acids is 2. The molecular weight excluding hydrogens is 332 g/mol. The van der Waals surface area contributed by atoms with Gasteiger partial charge in [0, 0.05) is 0 Å². The lowest BCUT2D eigenvalue weighted by molar-refractivity contribution is 0.0729. The fourth-order valence-electron chi connectivity index (χ4n) is 2.32. The van der Waals surface area contributed by atoms with Gasteiger partial charge in [0.25, 0.3) is 5.91 Å². The summed E-state index contributed by atoms with van der Waals surface area (Å²) in [4.78, 5) is 24.4. The molecule has 0 spiro atoms. The maximum atomic E-state index is 12.6. The van der Waals surface area contributed by atoms with Gasteiger partial charge >= 0.3 is 5.97 Å². The summed E-state index contributed by atoms with van der Waals surface area (Å²) >= 11 is 0. The minimum absolute atomic E-state index is 0.106. The average molecular weight is 348 g/mol. The third kappa shape index (κ3) is 3.88. The van der Waals surface area contributed by atoms with Crippen molar-refractivity contribution in [2.45, 2.75) is 0 Å². The van der Waals surface area contributed by atoms with Crippen LogP contribution in [0.25, 0.3) is 0 Å². The minimum atomic E-state index is -0.645. The topological polar surface area (TPSA) is 90.6 Å². The summed E-state index contributed by atoms with van der Waals surface area (Å²) in [6.07, 6.45) is 0. The molecule has 1 amide bonds. The Morgan fingerprint density at radius 3 is 2.00 bits per heavy atom. The Morgan fingerprint density at radius 2 is 1.31 bits per heavy atom. The van der Waals surface area contributed by atoms with E-state index in [2.05, 4.69) is 0 Å². The molecule has 3 aromatic rings. The molecule has 3 rings (SSSR count). The Kier molecular flexibility index (Phi) is 5.26. The van der Waals surface area contributed by atoms with Crippen LogP contribution in [0, 0.1) is 0 Å². The molecule has 0 aromatic heterocycles. The van der Waals surface area contributed by atoms with Crippen LogP contribution in [0.1, 0.15) is 20.7 Å². The van der Waals surface area contributed by atoms with E-state index >= 15 is 0 Å². The highest BCUT2D eigenvalue weighted by atomic mass is 16.5. The number of amides is 1. The van der Waals surface area contributed by atoms with Crippen molar-refractivity contribution < 1.29 is 19.1 Å². The number of esters is 1. The molecule has 0 radical (unpaired) electrons. The first-order chi connectivity index (χ1) is 12.7. The third-order valence-corrected chi connectivity index (χ3v) is 3.54. The number of ether oxygens (including phenoxy) is 2. The van der Waals surface area contributed by atoms with Gasteiger partial charge < -0.3 is 9.47 Å². The summed E-state index contributed by atoms with van der Waals surface area (Å²) < 4.78 is 11.2. The molecule has 0 saturated heterocycles. The molecule has 3 aromatic carbocycles. The van der Waals surface area contributed by atoms with Gasteiger partial charge in [-0.15, -0.1) is 0 Å². The average Bonchev–Trinajstić information content (AvgIpc) is 2.69. The van der Waals surface area contributed by atoms with Crippen molar-refractivity contribution in [1.82, 2.24) is 5.43 Å². The highest BCUT2D eigenvalue weighted by Crippen LogP contribution is 2.27. The lowest BCUT2D eigenvalue weighted by Crippen LogP contribution is -2.30. The molecule has 0 saturated carbocycles. The molecule has 0 aliphatic rings. The van der Waals surface area contributed by atoms with Crippen LogP contribution in [0.15, 0.2) is 78.9 Å². The van der Waals surface area contributed by atoms with Gasteiger partial charge in [0.1, 0.15) is 22.8 Å². The number of nitrogen functional groups attached to an aromatic ring is 1. The number of para-hydroxylation sites is 3. The normalized spacial score (nSPS) is 10.0. The van der Waals surface area contributed by atoms with Gasteiger partial charge in [-0.3, -0.25) is 10.2 Å². The van der Waals surface area contributed by atoms with Crippen LogP contribution in [0.4, 0.5) is 0 Å². The highest BCUT2D eigenvalue weighted by molar-refractivity contribution is 5.99. The van der Waals surface area contributed by atoms with E-state index in [0.29, 0.717) is 11.5 Å². The van der Waals surface area contributed by atoms with Crippen molar-refractivity contribution in [2.75, 3.05) is 0 Å². The van der Waals surface area contributed by atoms with Gasteiger partial charge in [-0.1, -0.05) is 42.5 Å².